The number of hydrogen-bond donors (Lipinski definition) is 2. The lowest BCUT2D eigenvalue weighted by Gasteiger charge is -2.04. The van der Waals surface area contributed by atoms with Crippen LogP contribution in [0.1, 0.15) is 11.3 Å². The monoisotopic (exact) mass is 236 g/mol. The van der Waals surface area contributed by atoms with Gasteiger partial charge in [-0.3, -0.25) is 4.79 Å². The number of hydrogen-bond acceptors (Lipinski definition) is 4. The number of aliphatic hydroxyl groups is 1. The topological polar surface area (TPSA) is 66.0 Å². The molecule has 0 aliphatic carbocycles. The van der Waals surface area contributed by atoms with Crippen LogP contribution in [0.3, 0.4) is 0 Å². The maximum absolute atomic E-state index is 11.7. The molecule has 0 aliphatic heterocycles. The van der Waals surface area contributed by atoms with Gasteiger partial charge in [0.1, 0.15) is 5.82 Å². The number of aryl methyl sites for hydroxylation is 1. The molecular formula is C11H12N2O2S. The number of nitrogens with one attached hydrogen (secondary N) is 1. The van der Waals surface area contributed by atoms with Gasteiger partial charge in [-0.2, -0.15) is 0 Å². The Morgan fingerprint density at radius 2 is 2.38 bits per heavy atom. The average Bonchev–Trinajstić information content (AvgIpc) is 2.76. The van der Waals surface area contributed by atoms with Crippen LogP contribution in [-0.4, -0.2) is 21.7 Å². The summed E-state index contributed by atoms with van der Waals surface area (Å²) in [6, 6.07) is 3.82. The molecule has 16 heavy (non-hydrogen) atoms. The number of H-pyrrole nitrogens is 1. The Morgan fingerprint density at radius 3 is 2.94 bits per heavy atom. The van der Waals surface area contributed by atoms with Crippen molar-refractivity contribution >= 4 is 11.3 Å². The van der Waals surface area contributed by atoms with Crippen LogP contribution in [-0.2, 0) is 6.42 Å². The lowest BCUT2D eigenvalue weighted by molar-refractivity contribution is 0.298. The summed E-state index contributed by atoms with van der Waals surface area (Å²) in [4.78, 5) is 19.8. The maximum Gasteiger partial charge on any atom is 0.254 e. The number of rotatable bonds is 3. The van der Waals surface area contributed by atoms with E-state index in [2.05, 4.69) is 9.97 Å². The van der Waals surface area contributed by atoms with E-state index in [1.165, 1.54) is 11.3 Å². The highest BCUT2D eigenvalue weighted by molar-refractivity contribution is 7.13. The molecule has 2 N–H and O–H groups in total. The molecule has 0 aromatic carbocycles. The zero-order valence-electron chi connectivity index (χ0n) is 8.86. The molecule has 0 amide bonds. The van der Waals surface area contributed by atoms with Gasteiger partial charge >= 0.3 is 0 Å². The van der Waals surface area contributed by atoms with Gasteiger partial charge in [0.05, 0.1) is 4.88 Å². The molecule has 0 fully saturated rings. The van der Waals surface area contributed by atoms with Crippen LogP contribution in [0, 0.1) is 6.92 Å². The second-order valence-corrected chi connectivity index (χ2v) is 4.38. The van der Waals surface area contributed by atoms with Crippen LogP contribution >= 0.6 is 11.3 Å². The van der Waals surface area contributed by atoms with Gasteiger partial charge in [-0.15, -0.1) is 11.3 Å². The Morgan fingerprint density at radius 1 is 1.56 bits per heavy atom. The van der Waals surface area contributed by atoms with Crippen LogP contribution in [0.2, 0.25) is 0 Å². The summed E-state index contributed by atoms with van der Waals surface area (Å²) in [5.41, 5.74) is 1.08. The third-order valence-corrected chi connectivity index (χ3v) is 3.22. The number of aromatic amines is 1. The van der Waals surface area contributed by atoms with Gasteiger partial charge < -0.3 is 10.1 Å². The van der Waals surface area contributed by atoms with Crippen LogP contribution in [0.5, 0.6) is 0 Å². The molecule has 84 valence electrons. The van der Waals surface area contributed by atoms with Crippen molar-refractivity contribution in [1.82, 2.24) is 9.97 Å². The molecule has 0 bridgehead atoms. The van der Waals surface area contributed by atoms with Crippen molar-refractivity contribution in [2.75, 3.05) is 6.61 Å². The van der Waals surface area contributed by atoms with Crippen LogP contribution in [0.4, 0.5) is 0 Å². The van der Waals surface area contributed by atoms with E-state index < -0.39 is 0 Å². The van der Waals surface area contributed by atoms with Gasteiger partial charge in [0.15, 0.2) is 0 Å². The summed E-state index contributed by atoms with van der Waals surface area (Å²) in [7, 11) is 0. The first-order chi connectivity index (χ1) is 7.72. The Balaban J connectivity index is 2.49. The van der Waals surface area contributed by atoms with Gasteiger partial charge in [-0.1, -0.05) is 6.07 Å². The smallest absolute Gasteiger partial charge is 0.254 e. The van der Waals surface area contributed by atoms with Crippen molar-refractivity contribution in [2.24, 2.45) is 0 Å². The molecule has 0 aliphatic rings. The predicted molar refractivity (Wildman–Crippen MR) is 63.7 cm³/mol. The Labute approximate surface area is 96.6 Å². The van der Waals surface area contributed by atoms with Gasteiger partial charge in [0, 0.05) is 24.3 Å². The highest BCUT2D eigenvalue weighted by Gasteiger charge is 2.09. The van der Waals surface area contributed by atoms with Gasteiger partial charge in [-0.25, -0.2) is 4.98 Å². The summed E-state index contributed by atoms with van der Waals surface area (Å²) in [6.07, 6.45) is 0.346. The normalized spacial score (nSPS) is 10.6. The van der Waals surface area contributed by atoms with Crippen molar-refractivity contribution in [3.63, 3.8) is 0 Å². The van der Waals surface area contributed by atoms with E-state index in [4.69, 9.17) is 5.11 Å². The molecule has 0 spiro atoms. The molecule has 0 radical (unpaired) electrons. The average molecular weight is 236 g/mol. The third kappa shape index (κ3) is 2.05. The molecule has 0 saturated heterocycles. The summed E-state index contributed by atoms with van der Waals surface area (Å²) in [6.45, 7) is 1.75. The summed E-state index contributed by atoms with van der Waals surface area (Å²) in [5, 5.41) is 10.8. The minimum atomic E-state index is -0.162. The van der Waals surface area contributed by atoms with E-state index in [1.807, 2.05) is 17.5 Å². The van der Waals surface area contributed by atoms with Crippen molar-refractivity contribution < 1.29 is 5.11 Å². The summed E-state index contributed by atoms with van der Waals surface area (Å²) < 4.78 is 0. The van der Waals surface area contributed by atoms with E-state index >= 15 is 0 Å². The quantitative estimate of drug-likeness (QED) is 0.845. The van der Waals surface area contributed by atoms with Gasteiger partial charge in [-0.05, 0) is 18.4 Å². The van der Waals surface area contributed by atoms with Crippen LogP contribution in [0.25, 0.3) is 10.7 Å². The highest BCUT2D eigenvalue weighted by atomic mass is 32.1. The minimum Gasteiger partial charge on any atom is -0.396 e. The van der Waals surface area contributed by atoms with Gasteiger partial charge in [0.2, 0.25) is 0 Å². The molecule has 5 heteroatoms. The molecule has 2 aromatic rings. The predicted octanol–water partition coefficient (Wildman–Crippen LogP) is 1.34. The maximum atomic E-state index is 11.7. The fourth-order valence-corrected chi connectivity index (χ4v) is 2.22. The first-order valence-electron chi connectivity index (χ1n) is 4.97. The molecule has 2 rings (SSSR count). The van der Waals surface area contributed by atoms with E-state index in [1.54, 1.807) is 6.92 Å². The lowest BCUT2D eigenvalue weighted by Crippen LogP contribution is -2.18. The Hall–Kier alpha value is -1.46. The van der Waals surface area contributed by atoms with E-state index in [-0.39, 0.29) is 12.2 Å². The van der Waals surface area contributed by atoms with Crippen molar-refractivity contribution in [2.45, 2.75) is 13.3 Å². The molecule has 4 nitrogen and oxygen atoms in total. The largest absolute Gasteiger partial charge is 0.396 e. The first kappa shape index (κ1) is 11.0. The minimum absolute atomic E-state index is 0.0377. The lowest BCUT2D eigenvalue weighted by atomic mass is 10.2. The Kier molecular flexibility index (Phi) is 3.17. The number of aromatic nitrogens is 2. The van der Waals surface area contributed by atoms with E-state index in [9.17, 15) is 4.79 Å². The second kappa shape index (κ2) is 4.59. The third-order valence-electron chi connectivity index (χ3n) is 2.34. The van der Waals surface area contributed by atoms with Crippen molar-refractivity contribution in [3.05, 3.63) is 39.1 Å². The van der Waals surface area contributed by atoms with Gasteiger partial charge in [0.25, 0.3) is 5.56 Å². The number of nitrogens with zero attached hydrogens (tertiary/aromatic N) is 1. The van der Waals surface area contributed by atoms with Crippen LogP contribution < -0.4 is 5.56 Å². The van der Waals surface area contributed by atoms with Crippen molar-refractivity contribution in [1.29, 1.82) is 0 Å². The molecule has 0 saturated carbocycles. The molecular weight excluding hydrogens is 224 g/mol. The molecule has 2 heterocycles. The number of aliphatic hydroxyl groups excluding tert-OH is 1. The Bertz CT molecular complexity index is 531. The molecule has 0 atom stereocenters. The zero-order chi connectivity index (χ0) is 11.5. The highest BCUT2D eigenvalue weighted by Crippen LogP contribution is 2.20. The fourth-order valence-electron chi connectivity index (χ4n) is 1.55. The standard InChI is InChI=1S/C11H12N2O2S/c1-7-8(4-5-14)11(15)13-10(12-7)9-3-2-6-16-9/h2-3,6,14H,4-5H2,1H3,(H,12,13,15). The van der Waals surface area contributed by atoms with Crippen molar-refractivity contribution in [3.8, 4) is 10.7 Å². The second-order valence-electron chi connectivity index (χ2n) is 3.43. The zero-order valence-corrected chi connectivity index (χ0v) is 9.67. The number of thiophene rings is 1. The first-order valence-corrected chi connectivity index (χ1v) is 5.85. The molecule has 2 aromatic heterocycles. The summed E-state index contributed by atoms with van der Waals surface area (Å²) in [5.74, 6) is 0.596. The van der Waals surface area contributed by atoms with E-state index in [0.29, 0.717) is 23.5 Å². The summed E-state index contributed by atoms with van der Waals surface area (Å²) >= 11 is 1.53. The molecule has 0 unspecified atom stereocenters. The SMILES string of the molecule is Cc1nc(-c2cccs2)[nH]c(=O)c1CCO. The fraction of sp³-hybridized carbons (Fsp3) is 0.273. The van der Waals surface area contributed by atoms with Crippen LogP contribution in [0.15, 0.2) is 22.3 Å². The van der Waals surface area contributed by atoms with E-state index in [0.717, 1.165) is 4.88 Å².